The van der Waals surface area contributed by atoms with Crippen LogP contribution >= 0.6 is 0 Å². The first kappa shape index (κ1) is 22.4. The molecule has 2 heterocycles. The predicted molar refractivity (Wildman–Crippen MR) is 117 cm³/mol. The predicted octanol–water partition coefficient (Wildman–Crippen LogP) is 5.04. The highest BCUT2D eigenvalue weighted by molar-refractivity contribution is 5.74. The van der Waals surface area contributed by atoms with Crippen molar-refractivity contribution in [3.8, 4) is 11.3 Å². The zero-order chi connectivity index (χ0) is 22.1. The zero-order valence-electron chi connectivity index (χ0n) is 18.6. The van der Waals surface area contributed by atoms with Crippen LogP contribution in [-0.2, 0) is 16.5 Å². The third-order valence-electron chi connectivity index (χ3n) is 5.35. The van der Waals surface area contributed by atoms with Gasteiger partial charge in [0.25, 0.3) is 0 Å². The minimum atomic E-state index is -0.656. The summed E-state index contributed by atoms with van der Waals surface area (Å²) in [6.45, 7) is 9.97. The van der Waals surface area contributed by atoms with E-state index in [1.807, 2.05) is 39.8 Å². The van der Waals surface area contributed by atoms with Gasteiger partial charge in [0.05, 0.1) is 23.6 Å². The Morgan fingerprint density at radius 2 is 1.93 bits per heavy atom. The molecule has 0 N–H and O–H groups in total. The Morgan fingerprint density at radius 1 is 1.27 bits per heavy atom. The quantitative estimate of drug-likeness (QED) is 0.688. The molecule has 1 fully saturated rings. The first-order valence-corrected chi connectivity index (χ1v) is 10.5. The van der Waals surface area contributed by atoms with Crippen molar-refractivity contribution in [1.29, 1.82) is 0 Å². The standard InChI is InChI=1S/C24H31FN2O3/c1-7-18-14-19(30-24(4,5)29-18)12-13-20-21(15(2)3)26-23(28)27(6)22(20)16-8-10-17(25)11-9-16/h8-13,15,18-19H,7,14H2,1-6H3/b13-12+/t18-,19+/m0/s1. The fraction of sp³-hybridized carbons (Fsp3) is 0.500. The Labute approximate surface area is 177 Å². The molecule has 0 aliphatic carbocycles. The van der Waals surface area contributed by atoms with Crippen molar-refractivity contribution in [2.45, 2.75) is 71.4 Å². The van der Waals surface area contributed by atoms with E-state index in [9.17, 15) is 9.18 Å². The first-order chi connectivity index (χ1) is 14.1. The van der Waals surface area contributed by atoms with E-state index in [4.69, 9.17) is 9.47 Å². The maximum absolute atomic E-state index is 13.5. The highest BCUT2D eigenvalue weighted by atomic mass is 19.1. The molecule has 1 aliphatic heterocycles. The summed E-state index contributed by atoms with van der Waals surface area (Å²) in [5, 5.41) is 0. The molecule has 2 atom stereocenters. The number of hydrogen-bond donors (Lipinski definition) is 0. The van der Waals surface area contributed by atoms with E-state index in [0.29, 0.717) is 11.4 Å². The zero-order valence-corrected chi connectivity index (χ0v) is 18.6. The molecule has 3 rings (SSSR count). The van der Waals surface area contributed by atoms with Crippen molar-refractivity contribution in [2.75, 3.05) is 0 Å². The van der Waals surface area contributed by atoms with Crippen LogP contribution in [0.1, 0.15) is 64.6 Å². The molecule has 2 aromatic rings. The summed E-state index contributed by atoms with van der Waals surface area (Å²) in [6, 6.07) is 6.18. The topological polar surface area (TPSA) is 53.4 Å². The lowest BCUT2D eigenvalue weighted by atomic mass is 9.96. The van der Waals surface area contributed by atoms with Crippen LogP contribution in [0.4, 0.5) is 4.39 Å². The molecule has 0 amide bonds. The Hall–Kier alpha value is -2.31. The molecule has 1 aromatic heterocycles. The van der Waals surface area contributed by atoms with E-state index in [2.05, 4.69) is 11.9 Å². The van der Waals surface area contributed by atoms with Crippen molar-refractivity contribution >= 4 is 6.08 Å². The second kappa shape index (κ2) is 8.82. The number of benzene rings is 1. The summed E-state index contributed by atoms with van der Waals surface area (Å²) < 4.78 is 27.1. The maximum Gasteiger partial charge on any atom is 0.348 e. The van der Waals surface area contributed by atoms with Gasteiger partial charge >= 0.3 is 5.69 Å². The highest BCUT2D eigenvalue weighted by Crippen LogP contribution is 2.32. The molecule has 30 heavy (non-hydrogen) atoms. The van der Waals surface area contributed by atoms with E-state index in [-0.39, 0.29) is 29.6 Å². The fourth-order valence-electron chi connectivity index (χ4n) is 3.92. The molecule has 5 nitrogen and oxygen atoms in total. The van der Waals surface area contributed by atoms with Gasteiger partial charge in [-0.1, -0.05) is 32.9 Å². The number of hydrogen-bond acceptors (Lipinski definition) is 4. The van der Waals surface area contributed by atoms with E-state index >= 15 is 0 Å². The number of rotatable bonds is 5. The van der Waals surface area contributed by atoms with E-state index < -0.39 is 5.79 Å². The molecule has 0 bridgehead atoms. The van der Waals surface area contributed by atoms with Gasteiger partial charge < -0.3 is 9.47 Å². The van der Waals surface area contributed by atoms with Gasteiger partial charge in [-0.15, -0.1) is 0 Å². The third kappa shape index (κ3) is 4.87. The van der Waals surface area contributed by atoms with Gasteiger partial charge in [0, 0.05) is 19.0 Å². The van der Waals surface area contributed by atoms with E-state index in [0.717, 1.165) is 24.0 Å². The minimum absolute atomic E-state index is 0.0492. The molecule has 0 saturated carbocycles. The van der Waals surface area contributed by atoms with Crippen LogP contribution in [0.25, 0.3) is 17.3 Å². The average molecular weight is 415 g/mol. The Morgan fingerprint density at radius 3 is 2.53 bits per heavy atom. The summed E-state index contributed by atoms with van der Waals surface area (Å²) in [4.78, 5) is 16.9. The lowest BCUT2D eigenvalue weighted by Crippen LogP contribution is -2.43. The smallest absolute Gasteiger partial charge is 0.347 e. The van der Waals surface area contributed by atoms with Crippen LogP contribution in [0.15, 0.2) is 35.1 Å². The van der Waals surface area contributed by atoms with Crippen LogP contribution in [-0.4, -0.2) is 27.5 Å². The van der Waals surface area contributed by atoms with Crippen LogP contribution in [0.5, 0.6) is 0 Å². The molecule has 6 heteroatoms. The minimum Gasteiger partial charge on any atom is -0.347 e. The van der Waals surface area contributed by atoms with Gasteiger partial charge in [-0.2, -0.15) is 4.98 Å². The summed E-state index contributed by atoms with van der Waals surface area (Å²) in [5.41, 5.74) is 2.71. The lowest BCUT2D eigenvalue weighted by molar-refractivity contribution is -0.290. The van der Waals surface area contributed by atoms with E-state index in [1.165, 1.54) is 16.7 Å². The fourth-order valence-corrected chi connectivity index (χ4v) is 3.92. The maximum atomic E-state index is 13.5. The number of nitrogens with zero attached hydrogens (tertiary/aromatic N) is 2. The van der Waals surface area contributed by atoms with Gasteiger partial charge in [-0.25, -0.2) is 9.18 Å². The summed E-state index contributed by atoms with van der Waals surface area (Å²) in [7, 11) is 1.69. The Kier molecular flexibility index (Phi) is 6.58. The van der Waals surface area contributed by atoms with Crippen molar-refractivity contribution in [1.82, 2.24) is 9.55 Å². The molecule has 0 spiro atoms. The van der Waals surface area contributed by atoms with Gasteiger partial charge in [0.2, 0.25) is 0 Å². The second-order valence-electron chi connectivity index (χ2n) is 8.56. The molecule has 162 valence electrons. The Bertz CT molecular complexity index is 977. The SMILES string of the molecule is CC[C@H]1C[C@@H](/C=C/c2c(C(C)C)nc(=O)n(C)c2-c2ccc(F)cc2)OC(C)(C)O1. The normalized spacial score (nSPS) is 21.5. The molecular formula is C24H31FN2O3. The van der Waals surface area contributed by atoms with Crippen LogP contribution in [0, 0.1) is 5.82 Å². The third-order valence-corrected chi connectivity index (χ3v) is 5.35. The number of ether oxygens (including phenoxy) is 2. The largest absolute Gasteiger partial charge is 0.348 e. The van der Waals surface area contributed by atoms with Gasteiger partial charge in [-0.3, -0.25) is 4.57 Å². The molecule has 0 unspecified atom stereocenters. The first-order valence-electron chi connectivity index (χ1n) is 10.5. The summed E-state index contributed by atoms with van der Waals surface area (Å²) >= 11 is 0. The number of aromatic nitrogens is 2. The van der Waals surface area contributed by atoms with E-state index in [1.54, 1.807) is 19.2 Å². The van der Waals surface area contributed by atoms with Crippen molar-refractivity contribution in [2.24, 2.45) is 7.05 Å². The van der Waals surface area contributed by atoms with Crippen LogP contribution in [0.3, 0.4) is 0 Å². The molecule has 1 aromatic carbocycles. The monoisotopic (exact) mass is 414 g/mol. The van der Waals surface area contributed by atoms with Crippen molar-refractivity contribution in [3.63, 3.8) is 0 Å². The molecular weight excluding hydrogens is 383 g/mol. The number of halogens is 1. The Balaban J connectivity index is 2.10. The van der Waals surface area contributed by atoms with Gasteiger partial charge in [0.1, 0.15) is 5.82 Å². The van der Waals surface area contributed by atoms with Gasteiger partial charge in [0.15, 0.2) is 5.79 Å². The molecule has 1 saturated heterocycles. The summed E-state index contributed by atoms with van der Waals surface area (Å²) in [5.74, 6) is -0.924. The summed E-state index contributed by atoms with van der Waals surface area (Å²) in [6.07, 6.45) is 5.70. The highest BCUT2D eigenvalue weighted by Gasteiger charge is 2.33. The average Bonchev–Trinajstić information content (AvgIpc) is 2.68. The lowest BCUT2D eigenvalue weighted by Gasteiger charge is -2.39. The van der Waals surface area contributed by atoms with Crippen LogP contribution in [0.2, 0.25) is 0 Å². The second-order valence-corrected chi connectivity index (χ2v) is 8.56. The van der Waals surface area contributed by atoms with Crippen molar-refractivity contribution in [3.05, 3.63) is 57.9 Å². The molecule has 0 radical (unpaired) electrons. The van der Waals surface area contributed by atoms with Gasteiger partial charge in [-0.05, 0) is 56.0 Å². The van der Waals surface area contributed by atoms with Crippen molar-refractivity contribution < 1.29 is 13.9 Å². The molecule has 1 aliphatic rings. The van der Waals surface area contributed by atoms with Crippen LogP contribution < -0.4 is 5.69 Å².